The number of ether oxygens (including phenoxy) is 2. The standard InChI is InChI=1S/C22H24O4/c1-3-7-15-9-5-11-17(13-15)19-21(23)26-20(22(24)25-19)18-12-6-10-16(14-18)8-4-2/h5-6,9-14,19-20H,3-4,7-8H2,1-2H3. The van der Waals surface area contributed by atoms with Gasteiger partial charge in [-0.15, -0.1) is 0 Å². The molecule has 1 saturated heterocycles. The number of aryl methyl sites for hydroxylation is 2. The highest BCUT2D eigenvalue weighted by Crippen LogP contribution is 2.32. The summed E-state index contributed by atoms with van der Waals surface area (Å²) in [5.74, 6) is -1.05. The van der Waals surface area contributed by atoms with Crippen molar-refractivity contribution in [1.29, 1.82) is 0 Å². The first kappa shape index (κ1) is 18.2. The Morgan fingerprint density at radius 1 is 0.731 bits per heavy atom. The second-order valence-electron chi connectivity index (χ2n) is 6.62. The number of esters is 2. The summed E-state index contributed by atoms with van der Waals surface area (Å²) in [5.41, 5.74) is 3.55. The van der Waals surface area contributed by atoms with Crippen molar-refractivity contribution in [2.75, 3.05) is 0 Å². The van der Waals surface area contributed by atoms with Crippen molar-refractivity contribution >= 4 is 11.9 Å². The van der Waals surface area contributed by atoms with Crippen molar-refractivity contribution in [2.24, 2.45) is 0 Å². The van der Waals surface area contributed by atoms with E-state index in [-0.39, 0.29) is 0 Å². The van der Waals surface area contributed by atoms with Crippen LogP contribution in [0.1, 0.15) is 61.2 Å². The fourth-order valence-corrected chi connectivity index (χ4v) is 3.26. The Labute approximate surface area is 154 Å². The van der Waals surface area contributed by atoms with E-state index >= 15 is 0 Å². The maximum Gasteiger partial charge on any atom is 0.353 e. The molecular weight excluding hydrogens is 328 g/mol. The van der Waals surface area contributed by atoms with Crippen LogP contribution in [0.15, 0.2) is 48.5 Å². The average molecular weight is 352 g/mol. The zero-order valence-electron chi connectivity index (χ0n) is 15.2. The number of benzene rings is 2. The highest BCUT2D eigenvalue weighted by molar-refractivity contribution is 5.89. The number of hydrogen-bond acceptors (Lipinski definition) is 4. The lowest BCUT2D eigenvalue weighted by molar-refractivity contribution is -0.196. The van der Waals surface area contributed by atoms with Crippen LogP contribution in [0.5, 0.6) is 0 Å². The van der Waals surface area contributed by atoms with Crippen LogP contribution in [-0.4, -0.2) is 11.9 Å². The summed E-state index contributed by atoms with van der Waals surface area (Å²) >= 11 is 0. The van der Waals surface area contributed by atoms with Crippen molar-refractivity contribution in [1.82, 2.24) is 0 Å². The molecule has 2 aromatic rings. The third-order valence-corrected chi connectivity index (χ3v) is 4.48. The lowest BCUT2D eigenvalue weighted by Crippen LogP contribution is -2.34. The molecule has 1 aliphatic rings. The van der Waals surface area contributed by atoms with Gasteiger partial charge in [0.15, 0.2) is 0 Å². The molecule has 0 amide bonds. The molecule has 2 unspecified atom stereocenters. The maximum atomic E-state index is 12.5. The van der Waals surface area contributed by atoms with Crippen molar-refractivity contribution < 1.29 is 19.1 Å². The molecule has 1 aliphatic heterocycles. The van der Waals surface area contributed by atoms with Gasteiger partial charge in [-0.3, -0.25) is 0 Å². The van der Waals surface area contributed by atoms with E-state index in [9.17, 15) is 9.59 Å². The highest BCUT2D eigenvalue weighted by Gasteiger charge is 2.40. The van der Waals surface area contributed by atoms with E-state index < -0.39 is 24.1 Å². The van der Waals surface area contributed by atoms with E-state index in [4.69, 9.17) is 9.47 Å². The van der Waals surface area contributed by atoms with Crippen LogP contribution in [0.2, 0.25) is 0 Å². The minimum atomic E-state index is -0.991. The number of cyclic esters (lactones) is 2. The van der Waals surface area contributed by atoms with E-state index in [2.05, 4.69) is 13.8 Å². The van der Waals surface area contributed by atoms with Gasteiger partial charge in [0.2, 0.25) is 12.2 Å². The second-order valence-corrected chi connectivity index (χ2v) is 6.62. The molecule has 1 fully saturated rings. The molecule has 0 bridgehead atoms. The molecule has 0 saturated carbocycles. The van der Waals surface area contributed by atoms with E-state index in [0.29, 0.717) is 11.1 Å². The van der Waals surface area contributed by atoms with Crippen molar-refractivity contribution in [2.45, 2.75) is 51.7 Å². The minimum absolute atomic E-state index is 0.524. The molecule has 4 heteroatoms. The normalized spacial score (nSPS) is 19.8. The van der Waals surface area contributed by atoms with E-state index in [0.717, 1.165) is 36.8 Å². The third-order valence-electron chi connectivity index (χ3n) is 4.48. The van der Waals surface area contributed by atoms with Crippen LogP contribution in [0, 0.1) is 0 Å². The van der Waals surface area contributed by atoms with Gasteiger partial charge in [0.05, 0.1) is 0 Å². The summed E-state index contributed by atoms with van der Waals surface area (Å²) in [5, 5.41) is 0. The van der Waals surface area contributed by atoms with Crippen LogP contribution in [0.3, 0.4) is 0 Å². The van der Waals surface area contributed by atoms with Gasteiger partial charge in [0.25, 0.3) is 0 Å². The summed E-state index contributed by atoms with van der Waals surface area (Å²) in [7, 11) is 0. The van der Waals surface area contributed by atoms with Crippen LogP contribution in [0.4, 0.5) is 0 Å². The van der Waals surface area contributed by atoms with Gasteiger partial charge in [-0.2, -0.15) is 0 Å². The Morgan fingerprint density at radius 2 is 1.15 bits per heavy atom. The minimum Gasteiger partial charge on any atom is -0.442 e. The molecule has 0 radical (unpaired) electrons. The Bertz CT molecular complexity index is 729. The molecule has 2 aromatic carbocycles. The molecule has 136 valence electrons. The predicted molar refractivity (Wildman–Crippen MR) is 98.5 cm³/mol. The monoisotopic (exact) mass is 352 g/mol. The topological polar surface area (TPSA) is 52.6 Å². The van der Waals surface area contributed by atoms with Gasteiger partial charge in [0, 0.05) is 11.1 Å². The molecule has 3 rings (SSSR count). The van der Waals surface area contributed by atoms with Gasteiger partial charge >= 0.3 is 11.9 Å². The van der Waals surface area contributed by atoms with E-state index in [1.54, 1.807) is 12.1 Å². The first-order chi connectivity index (χ1) is 12.6. The molecular formula is C22H24O4. The Kier molecular flexibility index (Phi) is 5.71. The fourth-order valence-electron chi connectivity index (χ4n) is 3.26. The maximum absolute atomic E-state index is 12.5. The van der Waals surface area contributed by atoms with Crippen molar-refractivity contribution in [3.05, 3.63) is 70.8 Å². The van der Waals surface area contributed by atoms with E-state index in [1.165, 1.54) is 0 Å². The highest BCUT2D eigenvalue weighted by atomic mass is 16.6. The first-order valence-corrected chi connectivity index (χ1v) is 9.21. The molecule has 0 aromatic heterocycles. The summed E-state index contributed by atoms with van der Waals surface area (Å²) in [4.78, 5) is 25.0. The summed E-state index contributed by atoms with van der Waals surface area (Å²) in [6, 6.07) is 15.2. The largest absolute Gasteiger partial charge is 0.442 e. The number of carbonyl (C=O) groups excluding carboxylic acids is 2. The zero-order valence-corrected chi connectivity index (χ0v) is 15.2. The van der Waals surface area contributed by atoms with Crippen LogP contribution >= 0.6 is 0 Å². The van der Waals surface area contributed by atoms with Gasteiger partial charge in [-0.05, 0) is 24.0 Å². The second kappa shape index (κ2) is 8.17. The number of hydrogen-bond donors (Lipinski definition) is 0. The molecule has 2 atom stereocenters. The van der Waals surface area contributed by atoms with Crippen LogP contribution < -0.4 is 0 Å². The third kappa shape index (κ3) is 3.96. The fraction of sp³-hybridized carbons (Fsp3) is 0.364. The number of rotatable bonds is 6. The molecule has 0 spiro atoms. The number of carbonyl (C=O) groups is 2. The molecule has 1 heterocycles. The van der Waals surface area contributed by atoms with Crippen molar-refractivity contribution in [3.63, 3.8) is 0 Å². The molecule has 26 heavy (non-hydrogen) atoms. The molecule has 0 aliphatic carbocycles. The summed E-state index contributed by atoms with van der Waals surface area (Å²) < 4.78 is 10.9. The Morgan fingerprint density at radius 3 is 1.54 bits per heavy atom. The lowest BCUT2D eigenvalue weighted by atomic mass is 10.0. The van der Waals surface area contributed by atoms with Crippen molar-refractivity contribution in [3.8, 4) is 0 Å². The van der Waals surface area contributed by atoms with Crippen LogP contribution in [-0.2, 0) is 31.9 Å². The molecule has 4 nitrogen and oxygen atoms in total. The van der Waals surface area contributed by atoms with Gasteiger partial charge in [0.1, 0.15) is 0 Å². The molecule has 0 N–H and O–H groups in total. The summed E-state index contributed by atoms with van der Waals surface area (Å²) in [6.45, 7) is 4.19. The quantitative estimate of drug-likeness (QED) is 0.720. The lowest BCUT2D eigenvalue weighted by Gasteiger charge is -2.28. The Hall–Kier alpha value is -2.62. The summed E-state index contributed by atoms with van der Waals surface area (Å²) in [6.07, 6.45) is 1.86. The smallest absolute Gasteiger partial charge is 0.353 e. The SMILES string of the molecule is CCCc1cccc(C2OC(=O)C(c3cccc(CCC)c3)OC2=O)c1. The van der Waals surface area contributed by atoms with Gasteiger partial charge in [-0.1, -0.05) is 75.2 Å². The Balaban J connectivity index is 1.79. The average Bonchev–Trinajstić information content (AvgIpc) is 2.64. The predicted octanol–water partition coefficient (Wildman–Crippen LogP) is 4.47. The van der Waals surface area contributed by atoms with Crippen LogP contribution in [0.25, 0.3) is 0 Å². The van der Waals surface area contributed by atoms with Gasteiger partial charge in [-0.25, -0.2) is 9.59 Å². The van der Waals surface area contributed by atoms with Gasteiger partial charge < -0.3 is 9.47 Å². The van der Waals surface area contributed by atoms with E-state index in [1.807, 2.05) is 36.4 Å². The zero-order chi connectivity index (χ0) is 18.5. The first-order valence-electron chi connectivity index (χ1n) is 9.21.